The molecule has 1 aliphatic rings. The van der Waals surface area contributed by atoms with Gasteiger partial charge in [0.2, 0.25) is 0 Å². The predicted molar refractivity (Wildman–Crippen MR) is 45.1 cm³/mol. The van der Waals surface area contributed by atoms with Crippen molar-refractivity contribution in [2.24, 2.45) is 5.41 Å². The van der Waals surface area contributed by atoms with E-state index < -0.39 is 0 Å². The van der Waals surface area contributed by atoms with Crippen LogP contribution < -0.4 is 5.32 Å². The monoisotopic (exact) mass is 141 g/mol. The molecule has 10 heavy (non-hydrogen) atoms. The molecular weight excluding hydrogens is 122 g/mol. The van der Waals surface area contributed by atoms with Crippen molar-refractivity contribution in [3.8, 4) is 0 Å². The number of nitrogens with one attached hydrogen (secondary N) is 1. The van der Waals surface area contributed by atoms with Gasteiger partial charge in [-0.05, 0) is 37.8 Å². The smallest absolute Gasteiger partial charge is 0.00437 e. The molecule has 0 aromatic heterocycles. The van der Waals surface area contributed by atoms with E-state index in [4.69, 9.17) is 0 Å². The third-order valence-electron chi connectivity index (χ3n) is 2.89. The van der Waals surface area contributed by atoms with Crippen LogP contribution in [0.4, 0.5) is 0 Å². The summed E-state index contributed by atoms with van der Waals surface area (Å²) in [5, 5.41) is 3.44. The second kappa shape index (κ2) is 3.38. The molecule has 0 saturated carbocycles. The summed E-state index contributed by atoms with van der Waals surface area (Å²) >= 11 is 0. The van der Waals surface area contributed by atoms with Crippen LogP contribution in [-0.2, 0) is 0 Å². The highest BCUT2D eigenvalue weighted by Gasteiger charge is 2.22. The number of hydrogen-bond donors (Lipinski definition) is 1. The molecule has 0 bridgehead atoms. The third kappa shape index (κ3) is 1.98. The Labute approximate surface area is 64.2 Å². The van der Waals surface area contributed by atoms with E-state index in [-0.39, 0.29) is 0 Å². The first-order valence-electron chi connectivity index (χ1n) is 4.47. The lowest BCUT2D eigenvalue weighted by Gasteiger charge is -2.25. The summed E-state index contributed by atoms with van der Waals surface area (Å²) in [6.07, 6.45) is 5.49. The fourth-order valence-electron chi connectivity index (χ4n) is 1.63. The highest BCUT2D eigenvalue weighted by atomic mass is 14.9. The lowest BCUT2D eigenvalue weighted by molar-refractivity contribution is 0.274. The molecule has 0 amide bonds. The van der Waals surface area contributed by atoms with Crippen molar-refractivity contribution in [2.75, 3.05) is 13.1 Å². The fraction of sp³-hybridized carbons (Fsp3) is 1.00. The summed E-state index contributed by atoms with van der Waals surface area (Å²) in [7, 11) is 0. The van der Waals surface area contributed by atoms with E-state index in [1.807, 2.05) is 0 Å². The molecule has 1 saturated heterocycles. The van der Waals surface area contributed by atoms with Crippen LogP contribution in [0.3, 0.4) is 0 Å². The Morgan fingerprint density at radius 3 is 2.80 bits per heavy atom. The highest BCUT2D eigenvalue weighted by molar-refractivity contribution is 4.76. The van der Waals surface area contributed by atoms with Crippen LogP contribution in [0.15, 0.2) is 0 Å². The summed E-state index contributed by atoms with van der Waals surface area (Å²) < 4.78 is 0. The lowest BCUT2D eigenvalue weighted by Crippen LogP contribution is -2.18. The SMILES string of the molecule is CC[C@]1(C)CCCNCC1. The molecule has 1 fully saturated rings. The van der Waals surface area contributed by atoms with Crippen LogP contribution in [0, 0.1) is 5.41 Å². The Morgan fingerprint density at radius 2 is 2.10 bits per heavy atom. The van der Waals surface area contributed by atoms with E-state index >= 15 is 0 Å². The van der Waals surface area contributed by atoms with Gasteiger partial charge in [-0.15, -0.1) is 0 Å². The van der Waals surface area contributed by atoms with E-state index in [0.717, 1.165) is 0 Å². The molecule has 0 aliphatic carbocycles. The summed E-state index contributed by atoms with van der Waals surface area (Å²) in [5.74, 6) is 0. The first-order chi connectivity index (χ1) is 4.77. The topological polar surface area (TPSA) is 12.0 Å². The van der Waals surface area contributed by atoms with Crippen molar-refractivity contribution < 1.29 is 0 Å². The second-order valence-electron chi connectivity index (χ2n) is 3.77. The van der Waals surface area contributed by atoms with Crippen LogP contribution in [0.25, 0.3) is 0 Å². The van der Waals surface area contributed by atoms with Crippen molar-refractivity contribution in [3.63, 3.8) is 0 Å². The van der Waals surface area contributed by atoms with Gasteiger partial charge in [0, 0.05) is 0 Å². The molecule has 1 heterocycles. The largest absolute Gasteiger partial charge is 0.317 e. The molecule has 0 aromatic rings. The van der Waals surface area contributed by atoms with Crippen LogP contribution in [0.5, 0.6) is 0 Å². The van der Waals surface area contributed by atoms with Gasteiger partial charge in [0.15, 0.2) is 0 Å². The van der Waals surface area contributed by atoms with Gasteiger partial charge in [-0.2, -0.15) is 0 Å². The summed E-state index contributed by atoms with van der Waals surface area (Å²) in [5.41, 5.74) is 0.642. The van der Waals surface area contributed by atoms with Crippen LogP contribution in [-0.4, -0.2) is 13.1 Å². The zero-order valence-electron chi connectivity index (χ0n) is 7.24. The maximum atomic E-state index is 3.44. The van der Waals surface area contributed by atoms with Gasteiger partial charge >= 0.3 is 0 Å². The predicted octanol–water partition coefficient (Wildman–Crippen LogP) is 2.18. The second-order valence-corrected chi connectivity index (χ2v) is 3.77. The average Bonchev–Trinajstić information content (AvgIpc) is 2.15. The zero-order chi connectivity index (χ0) is 7.45. The van der Waals surface area contributed by atoms with Gasteiger partial charge in [-0.3, -0.25) is 0 Å². The molecule has 0 radical (unpaired) electrons. The third-order valence-corrected chi connectivity index (χ3v) is 2.89. The van der Waals surface area contributed by atoms with E-state index in [1.165, 1.54) is 38.8 Å². The zero-order valence-corrected chi connectivity index (χ0v) is 7.24. The van der Waals surface area contributed by atoms with Crippen molar-refractivity contribution in [3.05, 3.63) is 0 Å². The molecule has 0 aromatic carbocycles. The average molecular weight is 141 g/mol. The quantitative estimate of drug-likeness (QED) is 0.590. The Morgan fingerprint density at radius 1 is 1.30 bits per heavy atom. The highest BCUT2D eigenvalue weighted by Crippen LogP contribution is 2.31. The summed E-state index contributed by atoms with van der Waals surface area (Å²) in [6.45, 7) is 7.19. The van der Waals surface area contributed by atoms with Gasteiger partial charge in [-0.25, -0.2) is 0 Å². The van der Waals surface area contributed by atoms with Crippen LogP contribution >= 0.6 is 0 Å². The van der Waals surface area contributed by atoms with Crippen molar-refractivity contribution >= 4 is 0 Å². The normalized spacial score (nSPS) is 35.4. The molecule has 1 rings (SSSR count). The van der Waals surface area contributed by atoms with Gasteiger partial charge in [0.1, 0.15) is 0 Å². The number of rotatable bonds is 1. The molecule has 1 aliphatic heterocycles. The van der Waals surface area contributed by atoms with Gasteiger partial charge in [-0.1, -0.05) is 20.3 Å². The summed E-state index contributed by atoms with van der Waals surface area (Å²) in [6, 6.07) is 0. The fourth-order valence-corrected chi connectivity index (χ4v) is 1.63. The van der Waals surface area contributed by atoms with E-state index in [9.17, 15) is 0 Å². The van der Waals surface area contributed by atoms with E-state index in [1.54, 1.807) is 0 Å². The van der Waals surface area contributed by atoms with Crippen molar-refractivity contribution in [1.82, 2.24) is 5.32 Å². The van der Waals surface area contributed by atoms with Gasteiger partial charge < -0.3 is 5.32 Å². The summed E-state index contributed by atoms with van der Waals surface area (Å²) in [4.78, 5) is 0. The van der Waals surface area contributed by atoms with E-state index in [0.29, 0.717) is 5.41 Å². The molecular formula is C9H19N. The Kier molecular flexibility index (Phi) is 2.72. The minimum Gasteiger partial charge on any atom is -0.317 e. The van der Waals surface area contributed by atoms with Crippen LogP contribution in [0.1, 0.15) is 39.5 Å². The lowest BCUT2D eigenvalue weighted by atomic mass is 9.81. The first-order valence-corrected chi connectivity index (χ1v) is 4.47. The maximum absolute atomic E-state index is 3.44. The molecule has 60 valence electrons. The van der Waals surface area contributed by atoms with Crippen LogP contribution in [0.2, 0.25) is 0 Å². The molecule has 0 unspecified atom stereocenters. The first kappa shape index (κ1) is 8.06. The molecule has 0 spiro atoms. The molecule has 1 atom stereocenters. The Balaban J connectivity index is 2.41. The minimum atomic E-state index is 0.642. The molecule has 1 nitrogen and oxygen atoms in total. The van der Waals surface area contributed by atoms with E-state index in [2.05, 4.69) is 19.2 Å². The molecule has 1 heteroatoms. The van der Waals surface area contributed by atoms with Gasteiger partial charge in [0.25, 0.3) is 0 Å². The standard InChI is InChI=1S/C9H19N/c1-3-9(2)5-4-7-10-8-6-9/h10H,3-8H2,1-2H3/t9-/m1/s1. The Hall–Kier alpha value is -0.0400. The van der Waals surface area contributed by atoms with Crippen molar-refractivity contribution in [1.29, 1.82) is 0 Å². The minimum absolute atomic E-state index is 0.642. The molecule has 1 N–H and O–H groups in total. The van der Waals surface area contributed by atoms with Crippen molar-refractivity contribution in [2.45, 2.75) is 39.5 Å². The Bertz CT molecular complexity index is 90.9. The number of hydrogen-bond acceptors (Lipinski definition) is 1. The maximum Gasteiger partial charge on any atom is -0.00437 e. The van der Waals surface area contributed by atoms with Gasteiger partial charge in [0.05, 0.1) is 0 Å².